The highest BCUT2D eigenvalue weighted by atomic mass is 35.5. The molecule has 1 aliphatic rings. The first-order valence-corrected chi connectivity index (χ1v) is 13.6. The number of fused-ring (bicyclic) bond motifs is 1. The summed E-state index contributed by atoms with van der Waals surface area (Å²) >= 11 is 7.80. The van der Waals surface area contributed by atoms with Gasteiger partial charge in [-0.1, -0.05) is 56.1 Å². The van der Waals surface area contributed by atoms with Crippen LogP contribution in [0.15, 0.2) is 66.0 Å². The molecule has 0 spiro atoms. The van der Waals surface area contributed by atoms with Gasteiger partial charge in [0.05, 0.1) is 6.04 Å². The number of nitrogens with one attached hydrogen (secondary N) is 1. The van der Waals surface area contributed by atoms with E-state index in [1.165, 1.54) is 4.88 Å². The van der Waals surface area contributed by atoms with Gasteiger partial charge < -0.3 is 19.9 Å². The number of ether oxygens (including phenoxy) is 1. The van der Waals surface area contributed by atoms with Gasteiger partial charge in [0.15, 0.2) is 0 Å². The molecule has 1 N–H and O–H groups in total. The first-order valence-electron chi connectivity index (χ1n) is 12.3. The van der Waals surface area contributed by atoms with E-state index < -0.39 is 0 Å². The molecule has 3 amide bonds. The molecule has 2 unspecified atom stereocenters. The van der Waals surface area contributed by atoms with Crippen molar-refractivity contribution in [2.45, 2.75) is 32.7 Å². The van der Waals surface area contributed by atoms with E-state index in [4.69, 9.17) is 16.3 Å². The van der Waals surface area contributed by atoms with Gasteiger partial charge in [0.1, 0.15) is 18.9 Å². The summed E-state index contributed by atoms with van der Waals surface area (Å²) in [7, 11) is 0. The quantitative estimate of drug-likeness (QED) is 0.347. The average Bonchev–Trinajstić information content (AvgIpc) is 3.36. The van der Waals surface area contributed by atoms with Crippen LogP contribution in [0.5, 0.6) is 5.75 Å². The van der Waals surface area contributed by atoms with E-state index in [2.05, 4.69) is 30.6 Å². The van der Waals surface area contributed by atoms with Gasteiger partial charge in [-0.15, -0.1) is 11.3 Å². The van der Waals surface area contributed by atoms with Crippen LogP contribution in [0.4, 0.5) is 10.5 Å². The number of hydrogen-bond acceptors (Lipinski definition) is 4. The highest BCUT2D eigenvalue weighted by Crippen LogP contribution is 2.34. The normalized spacial score (nSPS) is 15.6. The van der Waals surface area contributed by atoms with E-state index in [0.29, 0.717) is 30.4 Å². The summed E-state index contributed by atoms with van der Waals surface area (Å²) in [6, 6.07) is 18.2. The standard InChI is InChI=1S/C28H32ClN3O3S/c1-3-20(2)17-31(28(34)30-22-9-7-8-21(29)16-22)18-27(33)32-14-12-26-24(13-15-36-26)25(32)19-35-23-10-5-4-6-11-23/h4-11,13,15-16,20,25H,3,12,14,17-19H2,1-2H3,(H,30,34). The van der Waals surface area contributed by atoms with Crippen LogP contribution in [0, 0.1) is 5.92 Å². The zero-order chi connectivity index (χ0) is 25.5. The van der Waals surface area contributed by atoms with Gasteiger partial charge in [-0.25, -0.2) is 4.79 Å². The molecular formula is C28H32ClN3O3S. The van der Waals surface area contributed by atoms with Crippen LogP contribution in [0.25, 0.3) is 0 Å². The number of amides is 3. The summed E-state index contributed by atoms with van der Waals surface area (Å²) in [6.07, 6.45) is 1.71. The van der Waals surface area contributed by atoms with Crippen LogP contribution in [0.1, 0.15) is 36.8 Å². The van der Waals surface area contributed by atoms with Crippen molar-refractivity contribution >= 4 is 40.6 Å². The molecule has 2 aromatic carbocycles. The summed E-state index contributed by atoms with van der Waals surface area (Å²) in [5.41, 5.74) is 1.73. The molecule has 1 aliphatic heterocycles. The van der Waals surface area contributed by atoms with E-state index >= 15 is 0 Å². The molecule has 0 bridgehead atoms. The largest absolute Gasteiger partial charge is 0.491 e. The van der Waals surface area contributed by atoms with Gasteiger partial charge in [-0.3, -0.25) is 4.79 Å². The van der Waals surface area contributed by atoms with Gasteiger partial charge in [0.25, 0.3) is 0 Å². The summed E-state index contributed by atoms with van der Waals surface area (Å²) in [5, 5.41) is 5.51. The molecule has 0 radical (unpaired) electrons. The van der Waals surface area contributed by atoms with E-state index in [-0.39, 0.29) is 30.4 Å². The Hall–Kier alpha value is -3.03. The number of hydrogen-bond donors (Lipinski definition) is 1. The van der Waals surface area contributed by atoms with Crippen molar-refractivity contribution in [3.05, 3.63) is 81.5 Å². The monoisotopic (exact) mass is 525 g/mol. The van der Waals surface area contributed by atoms with E-state index in [1.54, 1.807) is 40.5 Å². The number of para-hydroxylation sites is 1. The minimum atomic E-state index is -0.309. The summed E-state index contributed by atoms with van der Waals surface area (Å²) in [5.74, 6) is 0.939. The molecule has 190 valence electrons. The number of nitrogens with zero attached hydrogens (tertiary/aromatic N) is 2. The fourth-order valence-corrected chi connectivity index (χ4v) is 5.43. The number of halogens is 1. The maximum atomic E-state index is 13.7. The molecule has 3 aromatic rings. The molecule has 0 aliphatic carbocycles. The molecule has 36 heavy (non-hydrogen) atoms. The predicted octanol–water partition coefficient (Wildman–Crippen LogP) is 6.49. The second kappa shape index (κ2) is 12.3. The minimum Gasteiger partial charge on any atom is -0.491 e. The first kappa shape index (κ1) is 26.0. The van der Waals surface area contributed by atoms with Crippen LogP contribution in [-0.2, 0) is 11.2 Å². The van der Waals surface area contributed by atoms with Crippen molar-refractivity contribution in [3.63, 3.8) is 0 Å². The molecule has 1 aromatic heterocycles. The maximum Gasteiger partial charge on any atom is 0.322 e. The second-order valence-electron chi connectivity index (χ2n) is 9.11. The van der Waals surface area contributed by atoms with Crippen molar-refractivity contribution in [2.24, 2.45) is 5.92 Å². The number of carbonyl (C=O) groups excluding carboxylic acids is 2. The third-order valence-electron chi connectivity index (χ3n) is 6.48. The molecule has 8 heteroatoms. The summed E-state index contributed by atoms with van der Waals surface area (Å²) in [4.78, 5) is 31.7. The Kier molecular flexibility index (Phi) is 8.88. The smallest absolute Gasteiger partial charge is 0.322 e. The molecule has 0 fully saturated rings. The number of carbonyl (C=O) groups is 2. The van der Waals surface area contributed by atoms with Gasteiger partial charge in [0, 0.05) is 28.7 Å². The Labute approximate surface area is 221 Å². The Morgan fingerprint density at radius 3 is 2.75 bits per heavy atom. The third-order valence-corrected chi connectivity index (χ3v) is 7.72. The number of anilines is 1. The Morgan fingerprint density at radius 2 is 2.00 bits per heavy atom. The van der Waals surface area contributed by atoms with Crippen molar-refractivity contribution < 1.29 is 14.3 Å². The van der Waals surface area contributed by atoms with Crippen LogP contribution < -0.4 is 10.1 Å². The second-order valence-corrected chi connectivity index (χ2v) is 10.5. The fourth-order valence-electron chi connectivity index (χ4n) is 4.31. The molecule has 2 heterocycles. The Balaban J connectivity index is 1.50. The van der Waals surface area contributed by atoms with Gasteiger partial charge in [0.2, 0.25) is 5.91 Å². The lowest BCUT2D eigenvalue weighted by Crippen LogP contribution is -2.49. The van der Waals surface area contributed by atoms with Crippen molar-refractivity contribution in [1.82, 2.24) is 9.80 Å². The highest BCUT2D eigenvalue weighted by molar-refractivity contribution is 7.10. The first-order chi connectivity index (χ1) is 17.4. The van der Waals surface area contributed by atoms with Crippen molar-refractivity contribution in [2.75, 3.05) is 31.6 Å². The minimum absolute atomic E-state index is 0.00194. The summed E-state index contributed by atoms with van der Waals surface area (Å²) in [6.45, 7) is 5.61. The van der Waals surface area contributed by atoms with Gasteiger partial charge in [-0.05, 0) is 59.7 Å². The van der Waals surface area contributed by atoms with E-state index in [1.807, 2.05) is 35.2 Å². The average molecular weight is 526 g/mol. The molecule has 6 nitrogen and oxygen atoms in total. The molecule has 0 saturated heterocycles. The molecule has 4 rings (SSSR count). The van der Waals surface area contributed by atoms with Gasteiger partial charge >= 0.3 is 6.03 Å². The lowest BCUT2D eigenvalue weighted by molar-refractivity contribution is -0.135. The third kappa shape index (κ3) is 6.59. The molecule has 0 saturated carbocycles. The number of urea groups is 1. The van der Waals surface area contributed by atoms with Crippen molar-refractivity contribution in [1.29, 1.82) is 0 Å². The predicted molar refractivity (Wildman–Crippen MR) is 146 cm³/mol. The van der Waals surface area contributed by atoms with E-state index in [9.17, 15) is 9.59 Å². The Morgan fingerprint density at radius 1 is 1.19 bits per heavy atom. The van der Waals surface area contributed by atoms with E-state index in [0.717, 1.165) is 24.2 Å². The van der Waals surface area contributed by atoms with Crippen LogP contribution >= 0.6 is 22.9 Å². The molecule has 2 atom stereocenters. The topological polar surface area (TPSA) is 61.9 Å². The van der Waals surface area contributed by atoms with Crippen LogP contribution in [0.2, 0.25) is 5.02 Å². The summed E-state index contributed by atoms with van der Waals surface area (Å²) < 4.78 is 6.08. The SMILES string of the molecule is CCC(C)CN(CC(=O)N1CCc2sccc2C1COc1ccccc1)C(=O)Nc1cccc(Cl)c1. The lowest BCUT2D eigenvalue weighted by Gasteiger charge is -2.37. The Bertz CT molecular complexity index is 1170. The fraction of sp³-hybridized carbons (Fsp3) is 0.357. The van der Waals surface area contributed by atoms with Crippen LogP contribution in [-0.4, -0.2) is 48.0 Å². The molecular weight excluding hydrogens is 494 g/mol. The number of thiophene rings is 1. The highest BCUT2D eigenvalue weighted by Gasteiger charge is 2.33. The number of benzene rings is 2. The van der Waals surface area contributed by atoms with Crippen molar-refractivity contribution in [3.8, 4) is 5.75 Å². The zero-order valence-corrected chi connectivity index (χ0v) is 22.2. The lowest BCUT2D eigenvalue weighted by atomic mass is 10.00. The maximum absolute atomic E-state index is 13.7. The zero-order valence-electron chi connectivity index (χ0n) is 20.7. The van der Waals surface area contributed by atoms with Gasteiger partial charge in [-0.2, -0.15) is 0 Å². The number of rotatable bonds is 9. The van der Waals surface area contributed by atoms with Crippen LogP contribution in [0.3, 0.4) is 0 Å².